The summed E-state index contributed by atoms with van der Waals surface area (Å²) in [6, 6.07) is 10.6. The maximum atomic E-state index is 9.30. The average Bonchev–Trinajstić information content (AvgIpc) is 2.48. The van der Waals surface area contributed by atoms with E-state index < -0.39 is 0 Å². The fourth-order valence-corrected chi connectivity index (χ4v) is 1.70. The molecule has 112 valence electrons. The Balaban J connectivity index is 2.18. The molecule has 0 bridgehead atoms. The first kappa shape index (κ1) is 15.1. The van der Waals surface area contributed by atoms with Crippen molar-refractivity contribution < 1.29 is 14.6 Å². The molecule has 0 fully saturated rings. The third-order valence-corrected chi connectivity index (χ3v) is 2.78. The third-order valence-electron chi connectivity index (χ3n) is 2.78. The molecule has 1 heterocycles. The average molecular weight is 288 g/mol. The van der Waals surface area contributed by atoms with Gasteiger partial charge in [0.25, 0.3) is 0 Å². The summed E-state index contributed by atoms with van der Waals surface area (Å²) in [6.07, 6.45) is 0. The molecular formula is C16H20N2O3. The molecule has 3 N–H and O–H groups in total. The van der Waals surface area contributed by atoms with Gasteiger partial charge in [0, 0.05) is 11.6 Å². The van der Waals surface area contributed by atoms with E-state index in [9.17, 15) is 5.11 Å². The van der Waals surface area contributed by atoms with Crippen molar-refractivity contribution in [3.05, 3.63) is 42.0 Å². The van der Waals surface area contributed by atoms with Crippen LogP contribution in [0.3, 0.4) is 0 Å². The van der Waals surface area contributed by atoms with Gasteiger partial charge in [0.05, 0.1) is 18.9 Å². The number of rotatable bonds is 6. The van der Waals surface area contributed by atoms with Gasteiger partial charge >= 0.3 is 0 Å². The molecule has 0 radical (unpaired) electrons. The third kappa shape index (κ3) is 4.10. The number of pyridine rings is 1. The van der Waals surface area contributed by atoms with Gasteiger partial charge in [-0.2, -0.15) is 4.98 Å². The van der Waals surface area contributed by atoms with Crippen molar-refractivity contribution in [2.24, 2.45) is 5.92 Å². The molecule has 0 spiro atoms. The molecule has 5 heteroatoms. The zero-order chi connectivity index (χ0) is 15.2. The summed E-state index contributed by atoms with van der Waals surface area (Å²) in [6.45, 7) is 4.54. The molecule has 1 aromatic heterocycles. The second-order valence-corrected chi connectivity index (χ2v) is 5.12. The van der Waals surface area contributed by atoms with Gasteiger partial charge in [0.15, 0.2) is 0 Å². The Morgan fingerprint density at radius 1 is 1.19 bits per heavy atom. The largest absolute Gasteiger partial charge is 0.476 e. The highest BCUT2D eigenvalue weighted by Crippen LogP contribution is 2.28. The SMILES string of the molecule is CC(C)COc1nc(Oc2ccccc2CO)ccc1N. The van der Waals surface area contributed by atoms with Crippen LogP contribution in [0.15, 0.2) is 36.4 Å². The highest BCUT2D eigenvalue weighted by molar-refractivity contribution is 5.50. The summed E-state index contributed by atoms with van der Waals surface area (Å²) in [7, 11) is 0. The molecule has 0 aliphatic rings. The number of aliphatic hydroxyl groups excluding tert-OH is 1. The number of hydrogen-bond acceptors (Lipinski definition) is 5. The maximum absolute atomic E-state index is 9.30. The Morgan fingerprint density at radius 3 is 2.67 bits per heavy atom. The number of benzene rings is 1. The lowest BCUT2D eigenvalue weighted by Crippen LogP contribution is -2.08. The highest BCUT2D eigenvalue weighted by atomic mass is 16.5. The highest BCUT2D eigenvalue weighted by Gasteiger charge is 2.09. The summed E-state index contributed by atoms with van der Waals surface area (Å²) in [4.78, 5) is 4.26. The minimum Gasteiger partial charge on any atom is -0.476 e. The van der Waals surface area contributed by atoms with Crippen LogP contribution in [0.1, 0.15) is 19.4 Å². The second kappa shape index (κ2) is 6.95. The molecule has 0 saturated heterocycles. The zero-order valence-electron chi connectivity index (χ0n) is 12.2. The van der Waals surface area contributed by atoms with Crippen LogP contribution in [0.5, 0.6) is 17.5 Å². The molecule has 0 aliphatic heterocycles. The van der Waals surface area contributed by atoms with E-state index in [2.05, 4.69) is 4.98 Å². The summed E-state index contributed by atoms with van der Waals surface area (Å²) < 4.78 is 11.3. The predicted octanol–water partition coefficient (Wildman–Crippen LogP) is 2.98. The number of aliphatic hydroxyl groups is 1. The molecule has 0 saturated carbocycles. The van der Waals surface area contributed by atoms with Crippen molar-refractivity contribution in [3.8, 4) is 17.5 Å². The Hall–Kier alpha value is -2.27. The summed E-state index contributed by atoms with van der Waals surface area (Å²) >= 11 is 0. The number of nitrogen functional groups attached to an aromatic ring is 1. The first-order valence-electron chi connectivity index (χ1n) is 6.86. The Labute approximate surface area is 124 Å². The van der Waals surface area contributed by atoms with Gasteiger partial charge in [-0.15, -0.1) is 0 Å². The van der Waals surface area contributed by atoms with Crippen LogP contribution in [0, 0.1) is 5.92 Å². The van der Waals surface area contributed by atoms with E-state index in [1.165, 1.54) is 0 Å². The number of ether oxygens (including phenoxy) is 2. The van der Waals surface area contributed by atoms with Crippen LogP contribution in [-0.2, 0) is 6.61 Å². The minimum absolute atomic E-state index is 0.0954. The van der Waals surface area contributed by atoms with E-state index in [1.54, 1.807) is 24.3 Å². The predicted molar refractivity (Wildman–Crippen MR) is 81.4 cm³/mol. The van der Waals surface area contributed by atoms with Gasteiger partial charge in [-0.3, -0.25) is 0 Å². The number of hydrogen-bond donors (Lipinski definition) is 2. The van der Waals surface area contributed by atoms with Crippen LogP contribution < -0.4 is 15.2 Å². The first-order valence-corrected chi connectivity index (χ1v) is 6.86. The Morgan fingerprint density at radius 2 is 1.95 bits per heavy atom. The fraction of sp³-hybridized carbons (Fsp3) is 0.312. The van der Waals surface area contributed by atoms with Gasteiger partial charge in [-0.25, -0.2) is 0 Å². The van der Waals surface area contributed by atoms with E-state index in [0.717, 1.165) is 0 Å². The summed E-state index contributed by atoms with van der Waals surface area (Å²) in [5.74, 6) is 1.68. The molecule has 2 rings (SSSR count). The van der Waals surface area contributed by atoms with Crippen molar-refractivity contribution in [2.75, 3.05) is 12.3 Å². The van der Waals surface area contributed by atoms with E-state index in [-0.39, 0.29) is 6.61 Å². The van der Waals surface area contributed by atoms with Crippen molar-refractivity contribution in [1.82, 2.24) is 4.98 Å². The van der Waals surface area contributed by atoms with Gasteiger partial charge in [0.1, 0.15) is 5.75 Å². The Bertz CT molecular complexity index is 600. The quantitative estimate of drug-likeness (QED) is 0.854. The molecule has 1 aromatic carbocycles. The van der Waals surface area contributed by atoms with Crippen molar-refractivity contribution in [3.63, 3.8) is 0 Å². The maximum Gasteiger partial charge on any atom is 0.240 e. The van der Waals surface area contributed by atoms with Gasteiger partial charge in [-0.1, -0.05) is 32.0 Å². The van der Waals surface area contributed by atoms with E-state index >= 15 is 0 Å². The number of nitrogens with two attached hydrogens (primary N) is 1. The lowest BCUT2D eigenvalue weighted by atomic mass is 10.2. The van der Waals surface area contributed by atoms with Gasteiger partial charge in [-0.05, 0) is 18.1 Å². The number of nitrogens with zero attached hydrogens (tertiary/aromatic N) is 1. The van der Waals surface area contributed by atoms with Gasteiger partial charge < -0.3 is 20.3 Å². The first-order chi connectivity index (χ1) is 10.1. The zero-order valence-corrected chi connectivity index (χ0v) is 12.2. The topological polar surface area (TPSA) is 77.6 Å². The van der Waals surface area contributed by atoms with E-state index in [1.807, 2.05) is 26.0 Å². The van der Waals surface area contributed by atoms with Gasteiger partial charge in [0.2, 0.25) is 11.8 Å². The number of para-hydroxylation sites is 1. The van der Waals surface area contributed by atoms with Crippen molar-refractivity contribution in [2.45, 2.75) is 20.5 Å². The lowest BCUT2D eigenvalue weighted by Gasteiger charge is -2.12. The molecule has 0 aliphatic carbocycles. The normalized spacial score (nSPS) is 10.7. The molecule has 0 atom stereocenters. The number of anilines is 1. The summed E-state index contributed by atoms with van der Waals surface area (Å²) in [5.41, 5.74) is 7.01. The molecule has 5 nitrogen and oxygen atoms in total. The monoisotopic (exact) mass is 288 g/mol. The summed E-state index contributed by atoms with van der Waals surface area (Å²) in [5, 5.41) is 9.30. The van der Waals surface area contributed by atoms with Crippen LogP contribution >= 0.6 is 0 Å². The Kier molecular flexibility index (Phi) is 5.00. The standard InChI is InChI=1S/C16H20N2O3/c1-11(2)10-20-16-13(17)7-8-15(18-16)21-14-6-4-3-5-12(14)9-19/h3-8,11,19H,9-10,17H2,1-2H3. The molecule has 2 aromatic rings. The minimum atomic E-state index is -0.0954. The van der Waals surface area contributed by atoms with Crippen molar-refractivity contribution in [1.29, 1.82) is 0 Å². The van der Waals surface area contributed by atoms with E-state index in [4.69, 9.17) is 15.2 Å². The van der Waals surface area contributed by atoms with Crippen molar-refractivity contribution >= 4 is 5.69 Å². The molecule has 0 unspecified atom stereocenters. The van der Waals surface area contributed by atoms with E-state index in [0.29, 0.717) is 41.3 Å². The van der Waals surface area contributed by atoms with Crippen LogP contribution in [0.2, 0.25) is 0 Å². The molecule has 0 amide bonds. The molecular weight excluding hydrogens is 268 g/mol. The fourth-order valence-electron chi connectivity index (χ4n) is 1.70. The smallest absolute Gasteiger partial charge is 0.240 e. The van der Waals surface area contributed by atoms with Crippen LogP contribution in [0.4, 0.5) is 5.69 Å². The van der Waals surface area contributed by atoms with Crippen LogP contribution in [0.25, 0.3) is 0 Å². The molecule has 21 heavy (non-hydrogen) atoms. The van der Waals surface area contributed by atoms with Crippen LogP contribution in [-0.4, -0.2) is 16.7 Å². The second-order valence-electron chi connectivity index (χ2n) is 5.12. The lowest BCUT2D eigenvalue weighted by molar-refractivity contribution is 0.259. The number of aromatic nitrogens is 1.